The van der Waals surface area contributed by atoms with Gasteiger partial charge in [0.1, 0.15) is 11.9 Å². The van der Waals surface area contributed by atoms with Crippen molar-refractivity contribution in [1.29, 1.82) is 0 Å². The lowest BCUT2D eigenvalue weighted by Gasteiger charge is -2.04. The summed E-state index contributed by atoms with van der Waals surface area (Å²) < 4.78 is 5.01. The number of nitrogens with zero attached hydrogens (tertiary/aromatic N) is 3. The van der Waals surface area contributed by atoms with Crippen LogP contribution in [-0.2, 0) is 0 Å². The smallest absolute Gasteiger partial charge is 0.313 e. The number of aromatic nitrogens is 2. The molecule has 0 saturated carbocycles. The molecule has 0 aliphatic carbocycles. The molecule has 0 aliphatic heterocycles. The minimum Gasteiger partial charge on any atom is -0.497 e. The average molecular weight is 266 g/mol. The SMILES string of the molecule is COc1ccc(-c2nc(Cl)ncc2[N+](=O)[O-])cc1. The normalized spacial score (nSPS) is 10.1. The van der Waals surface area contributed by atoms with Crippen molar-refractivity contribution in [3.8, 4) is 17.0 Å². The first kappa shape index (κ1) is 12.3. The summed E-state index contributed by atoms with van der Waals surface area (Å²) in [6.45, 7) is 0. The van der Waals surface area contributed by atoms with Gasteiger partial charge in [-0.25, -0.2) is 9.97 Å². The molecule has 18 heavy (non-hydrogen) atoms. The highest BCUT2D eigenvalue weighted by Gasteiger charge is 2.18. The van der Waals surface area contributed by atoms with Crippen molar-refractivity contribution in [3.63, 3.8) is 0 Å². The van der Waals surface area contributed by atoms with Crippen molar-refractivity contribution < 1.29 is 9.66 Å². The second-order valence-corrected chi connectivity index (χ2v) is 3.70. The number of nitro groups is 1. The molecular weight excluding hydrogens is 258 g/mol. The van der Waals surface area contributed by atoms with Gasteiger partial charge in [-0.15, -0.1) is 0 Å². The summed E-state index contributed by atoms with van der Waals surface area (Å²) in [6.07, 6.45) is 1.09. The van der Waals surface area contributed by atoms with Crippen LogP contribution in [0, 0.1) is 10.1 Å². The first-order valence-corrected chi connectivity index (χ1v) is 5.31. The standard InChI is InChI=1S/C11H8ClN3O3/c1-18-8-4-2-7(3-5-8)10-9(15(16)17)6-13-11(12)14-10/h2-6H,1H3. The monoisotopic (exact) mass is 265 g/mol. The van der Waals surface area contributed by atoms with E-state index in [0.717, 1.165) is 6.20 Å². The molecule has 0 radical (unpaired) electrons. The van der Waals surface area contributed by atoms with Gasteiger partial charge in [0.15, 0.2) is 5.69 Å². The summed E-state index contributed by atoms with van der Waals surface area (Å²) >= 11 is 5.66. The Balaban J connectivity index is 2.54. The average Bonchev–Trinajstić information content (AvgIpc) is 2.38. The molecule has 0 atom stereocenters. The fraction of sp³-hybridized carbons (Fsp3) is 0.0909. The number of halogens is 1. The molecular formula is C11H8ClN3O3. The van der Waals surface area contributed by atoms with Gasteiger partial charge in [0.2, 0.25) is 5.28 Å². The fourth-order valence-electron chi connectivity index (χ4n) is 1.45. The Morgan fingerprint density at radius 1 is 1.33 bits per heavy atom. The lowest BCUT2D eigenvalue weighted by Crippen LogP contribution is -1.97. The van der Waals surface area contributed by atoms with E-state index in [1.54, 1.807) is 31.4 Å². The van der Waals surface area contributed by atoms with E-state index in [9.17, 15) is 10.1 Å². The first-order valence-electron chi connectivity index (χ1n) is 4.93. The summed E-state index contributed by atoms with van der Waals surface area (Å²) in [4.78, 5) is 17.8. The van der Waals surface area contributed by atoms with E-state index in [0.29, 0.717) is 11.3 Å². The summed E-state index contributed by atoms with van der Waals surface area (Å²) in [5.74, 6) is 0.654. The van der Waals surface area contributed by atoms with E-state index in [1.807, 2.05) is 0 Å². The van der Waals surface area contributed by atoms with Crippen molar-refractivity contribution in [2.75, 3.05) is 7.11 Å². The Kier molecular flexibility index (Phi) is 3.38. The number of rotatable bonds is 3. The maximum absolute atomic E-state index is 10.9. The number of ether oxygens (including phenoxy) is 1. The van der Waals surface area contributed by atoms with Crippen LogP contribution in [0.3, 0.4) is 0 Å². The highest BCUT2D eigenvalue weighted by Crippen LogP contribution is 2.29. The van der Waals surface area contributed by atoms with Crippen LogP contribution >= 0.6 is 11.6 Å². The maximum Gasteiger partial charge on any atom is 0.313 e. The summed E-state index contributed by atoms with van der Waals surface area (Å²) in [7, 11) is 1.54. The third kappa shape index (κ3) is 2.38. The molecule has 2 rings (SSSR count). The Bertz CT molecular complexity index is 587. The van der Waals surface area contributed by atoms with Crippen molar-refractivity contribution in [2.45, 2.75) is 0 Å². The van der Waals surface area contributed by atoms with Crippen molar-refractivity contribution in [3.05, 3.63) is 45.9 Å². The fourth-order valence-corrected chi connectivity index (χ4v) is 1.58. The second kappa shape index (κ2) is 4.97. The number of methoxy groups -OCH3 is 1. The maximum atomic E-state index is 10.9. The summed E-state index contributed by atoms with van der Waals surface area (Å²) in [5.41, 5.74) is 0.569. The van der Waals surface area contributed by atoms with Crippen LogP contribution in [0.4, 0.5) is 5.69 Å². The first-order chi connectivity index (χ1) is 8.61. The van der Waals surface area contributed by atoms with Gasteiger partial charge >= 0.3 is 5.69 Å². The zero-order chi connectivity index (χ0) is 13.1. The van der Waals surface area contributed by atoms with E-state index in [4.69, 9.17) is 16.3 Å². The number of hydrogen-bond acceptors (Lipinski definition) is 5. The van der Waals surface area contributed by atoms with Gasteiger partial charge in [-0.3, -0.25) is 10.1 Å². The molecule has 0 unspecified atom stereocenters. The van der Waals surface area contributed by atoms with Crippen LogP contribution in [0.1, 0.15) is 0 Å². The molecule has 0 spiro atoms. The van der Waals surface area contributed by atoms with E-state index >= 15 is 0 Å². The molecule has 0 N–H and O–H groups in total. The zero-order valence-electron chi connectivity index (χ0n) is 9.33. The van der Waals surface area contributed by atoms with Crippen molar-refractivity contribution in [2.24, 2.45) is 0 Å². The van der Waals surface area contributed by atoms with Gasteiger partial charge in [-0.1, -0.05) is 0 Å². The predicted molar refractivity (Wildman–Crippen MR) is 65.7 cm³/mol. The Hall–Kier alpha value is -2.21. The molecule has 1 heterocycles. The van der Waals surface area contributed by atoms with Crippen LogP contribution < -0.4 is 4.74 Å². The quantitative estimate of drug-likeness (QED) is 0.484. The van der Waals surface area contributed by atoms with Crippen molar-refractivity contribution in [1.82, 2.24) is 9.97 Å². The predicted octanol–water partition coefficient (Wildman–Crippen LogP) is 2.71. The highest BCUT2D eigenvalue weighted by molar-refractivity contribution is 6.28. The van der Waals surface area contributed by atoms with Crippen molar-refractivity contribution >= 4 is 17.3 Å². The largest absolute Gasteiger partial charge is 0.497 e. The summed E-state index contributed by atoms with van der Waals surface area (Å²) in [6, 6.07) is 6.72. The molecule has 92 valence electrons. The Morgan fingerprint density at radius 3 is 2.56 bits per heavy atom. The number of hydrogen-bond donors (Lipinski definition) is 0. The Morgan fingerprint density at radius 2 is 2.00 bits per heavy atom. The third-order valence-electron chi connectivity index (χ3n) is 2.30. The van der Waals surface area contributed by atoms with Crippen LogP contribution in [0.25, 0.3) is 11.3 Å². The molecule has 0 amide bonds. The third-order valence-corrected chi connectivity index (χ3v) is 2.48. The van der Waals surface area contributed by atoms with E-state index in [-0.39, 0.29) is 16.7 Å². The van der Waals surface area contributed by atoms with Gasteiger partial charge in [0.25, 0.3) is 0 Å². The molecule has 0 bridgehead atoms. The van der Waals surface area contributed by atoms with Crippen LogP contribution in [0.15, 0.2) is 30.5 Å². The van der Waals surface area contributed by atoms with Gasteiger partial charge in [0.05, 0.1) is 12.0 Å². The second-order valence-electron chi connectivity index (χ2n) is 3.36. The van der Waals surface area contributed by atoms with Gasteiger partial charge in [-0.05, 0) is 35.9 Å². The highest BCUT2D eigenvalue weighted by atomic mass is 35.5. The van der Waals surface area contributed by atoms with Gasteiger partial charge in [-0.2, -0.15) is 0 Å². The lowest BCUT2D eigenvalue weighted by molar-refractivity contribution is -0.384. The van der Waals surface area contributed by atoms with Crippen LogP contribution in [0.5, 0.6) is 5.75 Å². The van der Waals surface area contributed by atoms with Gasteiger partial charge < -0.3 is 4.74 Å². The molecule has 0 fully saturated rings. The summed E-state index contributed by atoms with van der Waals surface area (Å²) in [5, 5.41) is 10.9. The zero-order valence-corrected chi connectivity index (χ0v) is 10.1. The minimum absolute atomic E-state index is 0.0357. The van der Waals surface area contributed by atoms with E-state index in [1.165, 1.54) is 0 Å². The molecule has 7 heteroatoms. The molecule has 1 aromatic carbocycles. The molecule has 2 aromatic rings. The van der Waals surface area contributed by atoms with Crippen LogP contribution in [-0.4, -0.2) is 22.0 Å². The molecule has 0 saturated heterocycles. The topological polar surface area (TPSA) is 78.2 Å². The molecule has 6 nitrogen and oxygen atoms in total. The van der Waals surface area contributed by atoms with Crippen LogP contribution in [0.2, 0.25) is 5.28 Å². The number of benzene rings is 1. The molecule has 0 aliphatic rings. The molecule has 1 aromatic heterocycles. The van der Waals surface area contributed by atoms with E-state index < -0.39 is 4.92 Å². The Labute approximate surface area is 107 Å². The lowest BCUT2D eigenvalue weighted by atomic mass is 10.1. The minimum atomic E-state index is -0.546. The van der Waals surface area contributed by atoms with Gasteiger partial charge in [0, 0.05) is 5.56 Å². The van der Waals surface area contributed by atoms with E-state index in [2.05, 4.69) is 9.97 Å².